The maximum Gasteiger partial charge on any atom is 0.270 e. The number of amides is 1. The molecule has 4 aromatic rings. The van der Waals surface area contributed by atoms with E-state index in [9.17, 15) is 4.79 Å². The molecular weight excluding hydrogens is 354 g/mol. The summed E-state index contributed by atoms with van der Waals surface area (Å²) < 4.78 is 12.2. The number of rotatable bonds is 5. The fourth-order valence-electron chi connectivity index (χ4n) is 2.56. The van der Waals surface area contributed by atoms with E-state index in [-0.39, 0.29) is 12.5 Å². The minimum absolute atomic E-state index is 0.280. The van der Waals surface area contributed by atoms with Gasteiger partial charge in [-0.05, 0) is 42.5 Å². The first-order chi connectivity index (χ1) is 12.7. The number of aromatic nitrogens is 2. The first-order valence-electron chi connectivity index (χ1n) is 7.91. The van der Waals surface area contributed by atoms with Gasteiger partial charge in [-0.15, -0.1) is 0 Å². The van der Waals surface area contributed by atoms with Crippen LogP contribution in [0.15, 0.2) is 76.0 Å². The van der Waals surface area contributed by atoms with Crippen LogP contribution in [0, 0.1) is 0 Å². The highest BCUT2D eigenvalue weighted by atomic mass is 35.5. The largest absolute Gasteiger partial charge is 0.467 e. The Labute approximate surface area is 154 Å². The molecule has 0 saturated heterocycles. The lowest BCUT2D eigenvalue weighted by Gasteiger charge is -2.08. The molecule has 4 rings (SSSR count). The van der Waals surface area contributed by atoms with E-state index in [4.69, 9.17) is 20.4 Å². The quantitative estimate of drug-likeness (QED) is 0.570. The summed E-state index contributed by atoms with van der Waals surface area (Å²) >= 11 is 6.09. The van der Waals surface area contributed by atoms with Gasteiger partial charge in [-0.3, -0.25) is 4.79 Å². The number of halogens is 1. The molecule has 26 heavy (non-hydrogen) atoms. The first kappa shape index (κ1) is 16.2. The van der Waals surface area contributed by atoms with E-state index in [1.165, 1.54) is 0 Å². The summed E-state index contributed by atoms with van der Waals surface area (Å²) in [5.41, 5.74) is 1.60. The summed E-state index contributed by atoms with van der Waals surface area (Å²) in [6, 6.07) is 15.9. The zero-order valence-corrected chi connectivity index (χ0v) is 14.3. The summed E-state index contributed by atoms with van der Waals surface area (Å²) in [5, 5.41) is 7.89. The highest BCUT2D eigenvalue weighted by molar-refractivity contribution is 6.30. The number of carbonyl (C=O) groups is 1. The molecule has 1 amide bonds. The number of hydrogen-bond donors (Lipinski definition) is 1. The Hall–Kier alpha value is -3.25. The van der Waals surface area contributed by atoms with Crippen LogP contribution in [0.1, 0.15) is 16.2 Å². The number of carbonyl (C=O) groups excluding carboxylic acids is 1. The van der Waals surface area contributed by atoms with Crippen molar-refractivity contribution in [2.24, 2.45) is 0 Å². The number of nitrogens with one attached hydrogen (secondary N) is 1. The monoisotopic (exact) mass is 367 g/mol. The van der Waals surface area contributed by atoms with Crippen molar-refractivity contribution in [2.75, 3.05) is 0 Å². The summed E-state index contributed by atoms with van der Waals surface area (Å²) in [4.78, 5) is 12.7. The topological polar surface area (TPSA) is 73.2 Å². The van der Waals surface area contributed by atoms with Crippen molar-refractivity contribution < 1.29 is 13.6 Å². The van der Waals surface area contributed by atoms with Gasteiger partial charge in [-0.1, -0.05) is 17.7 Å². The van der Waals surface area contributed by atoms with Gasteiger partial charge in [0.25, 0.3) is 5.91 Å². The second kappa shape index (κ2) is 6.93. The molecule has 0 radical (unpaired) electrons. The summed E-state index contributed by atoms with van der Waals surface area (Å²) in [6.07, 6.45) is 3.12. The molecule has 7 heteroatoms. The van der Waals surface area contributed by atoms with Gasteiger partial charge < -0.3 is 14.2 Å². The van der Waals surface area contributed by atoms with Crippen molar-refractivity contribution >= 4 is 17.5 Å². The van der Waals surface area contributed by atoms with Crippen molar-refractivity contribution in [2.45, 2.75) is 6.54 Å². The van der Waals surface area contributed by atoms with Gasteiger partial charge in [0.15, 0.2) is 5.76 Å². The van der Waals surface area contributed by atoms with E-state index in [0.29, 0.717) is 33.6 Å². The second-order valence-corrected chi connectivity index (χ2v) is 5.98. The van der Waals surface area contributed by atoms with E-state index < -0.39 is 0 Å². The molecule has 0 saturated carbocycles. The lowest BCUT2D eigenvalue weighted by Crippen LogP contribution is -2.25. The Balaban J connectivity index is 1.70. The van der Waals surface area contributed by atoms with E-state index >= 15 is 0 Å². The van der Waals surface area contributed by atoms with E-state index in [1.54, 1.807) is 65.7 Å². The average molecular weight is 368 g/mol. The summed E-state index contributed by atoms with van der Waals surface area (Å²) in [7, 11) is 0. The fourth-order valence-corrected chi connectivity index (χ4v) is 2.75. The maximum absolute atomic E-state index is 12.7. The van der Waals surface area contributed by atoms with Gasteiger partial charge in [0.1, 0.15) is 17.1 Å². The smallest absolute Gasteiger partial charge is 0.270 e. The number of nitrogens with zero attached hydrogens (tertiary/aromatic N) is 2. The van der Waals surface area contributed by atoms with Crippen LogP contribution in [-0.4, -0.2) is 15.7 Å². The third-order valence-corrected chi connectivity index (χ3v) is 4.01. The molecule has 0 fully saturated rings. The van der Waals surface area contributed by atoms with Crippen molar-refractivity contribution in [1.82, 2.24) is 15.1 Å². The standard InChI is InChI=1S/C19H14ClN3O3/c20-13-4-1-5-14(10-13)23-17(11-16(22-23)18-7-3-9-26-18)19(24)21-12-15-6-2-8-25-15/h1-11H,12H2,(H,21,24). The predicted octanol–water partition coefficient (Wildman–Crippen LogP) is 4.31. The SMILES string of the molecule is O=C(NCc1ccco1)c1cc(-c2ccco2)nn1-c1cccc(Cl)c1. The van der Waals surface area contributed by atoms with Gasteiger partial charge in [0.05, 0.1) is 24.8 Å². The first-order valence-corrected chi connectivity index (χ1v) is 8.29. The van der Waals surface area contributed by atoms with Crippen LogP contribution in [0.3, 0.4) is 0 Å². The van der Waals surface area contributed by atoms with Crippen molar-refractivity contribution in [3.05, 3.63) is 83.6 Å². The van der Waals surface area contributed by atoms with Crippen LogP contribution in [-0.2, 0) is 6.54 Å². The highest BCUT2D eigenvalue weighted by Gasteiger charge is 2.19. The minimum atomic E-state index is -0.285. The third kappa shape index (κ3) is 3.27. The molecule has 0 spiro atoms. The van der Waals surface area contributed by atoms with E-state index in [0.717, 1.165) is 0 Å². The normalized spacial score (nSPS) is 10.8. The van der Waals surface area contributed by atoms with Gasteiger partial charge in [-0.25, -0.2) is 4.68 Å². The molecule has 0 aliphatic carbocycles. The van der Waals surface area contributed by atoms with Crippen LogP contribution in [0.4, 0.5) is 0 Å². The molecule has 0 bridgehead atoms. The molecule has 0 aliphatic rings. The molecule has 6 nitrogen and oxygen atoms in total. The van der Waals surface area contributed by atoms with Crippen LogP contribution < -0.4 is 5.32 Å². The zero-order valence-electron chi connectivity index (χ0n) is 13.6. The minimum Gasteiger partial charge on any atom is -0.467 e. The molecule has 0 atom stereocenters. The Morgan fingerprint density at radius 1 is 1.08 bits per heavy atom. The highest BCUT2D eigenvalue weighted by Crippen LogP contribution is 2.23. The molecule has 130 valence electrons. The van der Waals surface area contributed by atoms with Crippen molar-refractivity contribution in [1.29, 1.82) is 0 Å². The van der Waals surface area contributed by atoms with Crippen LogP contribution in [0.2, 0.25) is 5.02 Å². The summed E-state index contributed by atoms with van der Waals surface area (Å²) in [5.74, 6) is 0.955. The Bertz CT molecular complexity index is 1020. The number of furan rings is 2. The average Bonchev–Trinajstić information content (AvgIpc) is 3.40. The maximum atomic E-state index is 12.7. The number of hydrogen-bond acceptors (Lipinski definition) is 4. The lowest BCUT2D eigenvalue weighted by atomic mass is 10.2. The van der Waals surface area contributed by atoms with E-state index in [1.807, 2.05) is 6.07 Å². The molecular formula is C19H14ClN3O3. The Morgan fingerprint density at radius 2 is 1.92 bits per heavy atom. The third-order valence-electron chi connectivity index (χ3n) is 3.77. The van der Waals surface area contributed by atoms with Gasteiger partial charge in [-0.2, -0.15) is 5.10 Å². The molecule has 1 aromatic carbocycles. The van der Waals surface area contributed by atoms with Crippen molar-refractivity contribution in [3.63, 3.8) is 0 Å². The van der Waals surface area contributed by atoms with Crippen LogP contribution in [0.5, 0.6) is 0 Å². The Kier molecular flexibility index (Phi) is 4.33. The Morgan fingerprint density at radius 3 is 2.65 bits per heavy atom. The van der Waals surface area contributed by atoms with Crippen LogP contribution in [0.25, 0.3) is 17.1 Å². The van der Waals surface area contributed by atoms with E-state index in [2.05, 4.69) is 10.4 Å². The van der Waals surface area contributed by atoms with Gasteiger partial charge in [0, 0.05) is 11.1 Å². The van der Waals surface area contributed by atoms with Crippen LogP contribution >= 0.6 is 11.6 Å². The molecule has 0 unspecified atom stereocenters. The predicted molar refractivity (Wildman–Crippen MR) is 96.2 cm³/mol. The number of benzene rings is 1. The lowest BCUT2D eigenvalue weighted by molar-refractivity contribution is 0.0940. The second-order valence-electron chi connectivity index (χ2n) is 5.55. The molecule has 3 heterocycles. The van der Waals surface area contributed by atoms with Crippen molar-refractivity contribution in [3.8, 4) is 17.1 Å². The molecule has 3 aromatic heterocycles. The van der Waals surface area contributed by atoms with Gasteiger partial charge in [0.2, 0.25) is 0 Å². The fraction of sp³-hybridized carbons (Fsp3) is 0.0526. The summed E-state index contributed by atoms with van der Waals surface area (Å²) in [6.45, 7) is 0.280. The zero-order chi connectivity index (χ0) is 17.9. The molecule has 0 aliphatic heterocycles. The van der Waals surface area contributed by atoms with Gasteiger partial charge >= 0.3 is 0 Å². The molecule has 1 N–H and O–H groups in total.